The first-order valence-electron chi connectivity index (χ1n) is 6.64. The van der Waals surface area contributed by atoms with Crippen LogP contribution in [0, 0.1) is 0 Å². The van der Waals surface area contributed by atoms with Crippen molar-refractivity contribution in [2.24, 2.45) is 5.73 Å². The number of anilines is 1. The number of nitrogens with two attached hydrogens (primary N) is 1. The molecular weight excluding hydrogens is 290 g/mol. The zero-order chi connectivity index (χ0) is 13.1. The third-order valence-electron chi connectivity index (χ3n) is 3.66. The zero-order valence-corrected chi connectivity index (χ0v) is 12.8. The van der Waals surface area contributed by atoms with E-state index in [9.17, 15) is 0 Å². The van der Waals surface area contributed by atoms with Gasteiger partial charge < -0.3 is 15.5 Å². The van der Waals surface area contributed by atoms with E-state index in [-0.39, 0.29) is 6.04 Å². The number of piperazine rings is 1. The Balaban J connectivity index is 2.10. The summed E-state index contributed by atoms with van der Waals surface area (Å²) in [7, 11) is 0. The van der Waals surface area contributed by atoms with E-state index in [0.29, 0.717) is 0 Å². The maximum Gasteiger partial charge on any atom is 0.0511 e. The molecule has 18 heavy (non-hydrogen) atoms. The minimum absolute atomic E-state index is 0.0901. The van der Waals surface area contributed by atoms with Crippen molar-refractivity contribution in [2.45, 2.75) is 19.9 Å². The van der Waals surface area contributed by atoms with Crippen LogP contribution in [0.3, 0.4) is 0 Å². The summed E-state index contributed by atoms with van der Waals surface area (Å²) in [6.07, 6.45) is 0. The third-order valence-corrected chi connectivity index (χ3v) is 4.29. The molecule has 2 N–H and O–H groups in total. The topological polar surface area (TPSA) is 32.5 Å². The lowest BCUT2D eigenvalue weighted by atomic mass is 10.1. The number of halogens is 1. The van der Waals surface area contributed by atoms with Crippen molar-refractivity contribution < 1.29 is 0 Å². The molecule has 0 saturated carbocycles. The van der Waals surface area contributed by atoms with Crippen LogP contribution in [0.4, 0.5) is 5.69 Å². The molecule has 100 valence electrons. The van der Waals surface area contributed by atoms with Gasteiger partial charge in [0.15, 0.2) is 0 Å². The number of rotatable bonds is 3. The fourth-order valence-corrected chi connectivity index (χ4v) is 3.02. The summed E-state index contributed by atoms with van der Waals surface area (Å²) in [5.74, 6) is 0. The van der Waals surface area contributed by atoms with Crippen LogP contribution < -0.4 is 10.6 Å². The Morgan fingerprint density at radius 3 is 2.44 bits per heavy atom. The first kappa shape index (κ1) is 13.8. The van der Waals surface area contributed by atoms with Crippen LogP contribution in [0.2, 0.25) is 0 Å². The Morgan fingerprint density at radius 1 is 1.28 bits per heavy atom. The highest BCUT2D eigenvalue weighted by atomic mass is 79.9. The average Bonchev–Trinajstić information content (AvgIpc) is 2.38. The largest absolute Gasteiger partial charge is 0.368 e. The zero-order valence-electron chi connectivity index (χ0n) is 11.2. The second kappa shape index (κ2) is 6.04. The molecule has 4 heteroatoms. The van der Waals surface area contributed by atoms with Crippen LogP contribution in [0.5, 0.6) is 0 Å². The van der Waals surface area contributed by atoms with Crippen LogP contribution in [-0.4, -0.2) is 37.6 Å². The summed E-state index contributed by atoms with van der Waals surface area (Å²) in [4.78, 5) is 4.93. The average molecular weight is 312 g/mol. The Kier molecular flexibility index (Phi) is 4.65. The van der Waals surface area contributed by atoms with Gasteiger partial charge in [-0.05, 0) is 47.1 Å². The molecule has 0 amide bonds. The second-order valence-electron chi connectivity index (χ2n) is 4.92. The quantitative estimate of drug-likeness (QED) is 0.931. The molecule has 1 aliphatic rings. The van der Waals surface area contributed by atoms with Gasteiger partial charge in [-0.3, -0.25) is 0 Å². The van der Waals surface area contributed by atoms with Crippen molar-refractivity contribution in [3.8, 4) is 0 Å². The van der Waals surface area contributed by atoms with Gasteiger partial charge in [0.2, 0.25) is 0 Å². The van der Waals surface area contributed by atoms with Gasteiger partial charge in [-0.15, -0.1) is 0 Å². The SMILES string of the molecule is CCN1CCN(c2ccc(C(C)N)cc2Br)CC1. The summed E-state index contributed by atoms with van der Waals surface area (Å²) in [5, 5.41) is 0. The van der Waals surface area contributed by atoms with Gasteiger partial charge in [0.1, 0.15) is 0 Å². The van der Waals surface area contributed by atoms with E-state index in [0.717, 1.165) is 37.2 Å². The molecule has 1 atom stereocenters. The summed E-state index contributed by atoms with van der Waals surface area (Å²) < 4.78 is 1.15. The van der Waals surface area contributed by atoms with Crippen LogP contribution in [-0.2, 0) is 0 Å². The van der Waals surface area contributed by atoms with Crippen LogP contribution in [0.15, 0.2) is 22.7 Å². The molecule has 0 bridgehead atoms. The van der Waals surface area contributed by atoms with E-state index in [2.05, 4.69) is 50.9 Å². The molecule has 1 heterocycles. The van der Waals surface area contributed by atoms with Crippen LogP contribution >= 0.6 is 15.9 Å². The fraction of sp³-hybridized carbons (Fsp3) is 0.571. The number of benzene rings is 1. The second-order valence-corrected chi connectivity index (χ2v) is 5.78. The van der Waals surface area contributed by atoms with Gasteiger partial charge in [-0.1, -0.05) is 13.0 Å². The summed E-state index contributed by atoms with van der Waals surface area (Å²) >= 11 is 3.67. The van der Waals surface area contributed by atoms with Crippen molar-refractivity contribution in [1.82, 2.24) is 4.90 Å². The van der Waals surface area contributed by atoms with E-state index < -0.39 is 0 Å². The lowest BCUT2D eigenvalue weighted by molar-refractivity contribution is 0.271. The number of hydrogen-bond acceptors (Lipinski definition) is 3. The van der Waals surface area contributed by atoms with Gasteiger partial charge in [-0.25, -0.2) is 0 Å². The Morgan fingerprint density at radius 2 is 1.94 bits per heavy atom. The maximum atomic E-state index is 5.91. The number of likely N-dealkylation sites (N-methyl/N-ethyl adjacent to an activating group) is 1. The molecule has 3 nitrogen and oxygen atoms in total. The molecular formula is C14H22BrN3. The first-order valence-corrected chi connectivity index (χ1v) is 7.43. The van der Waals surface area contributed by atoms with Crippen LogP contribution in [0.1, 0.15) is 25.5 Å². The van der Waals surface area contributed by atoms with Gasteiger partial charge in [0.25, 0.3) is 0 Å². The van der Waals surface area contributed by atoms with E-state index in [1.807, 2.05) is 6.92 Å². The highest BCUT2D eigenvalue weighted by Crippen LogP contribution is 2.29. The van der Waals surface area contributed by atoms with Crippen molar-refractivity contribution in [2.75, 3.05) is 37.6 Å². The van der Waals surface area contributed by atoms with Crippen molar-refractivity contribution >= 4 is 21.6 Å². The Hall–Kier alpha value is -0.580. The molecule has 0 aromatic heterocycles. The van der Waals surface area contributed by atoms with Gasteiger partial charge in [0, 0.05) is 36.7 Å². The minimum atomic E-state index is 0.0901. The van der Waals surface area contributed by atoms with Gasteiger partial charge in [0.05, 0.1) is 5.69 Å². The number of hydrogen-bond donors (Lipinski definition) is 1. The lowest BCUT2D eigenvalue weighted by Gasteiger charge is -2.36. The summed E-state index contributed by atoms with van der Waals surface area (Å²) in [5.41, 5.74) is 8.37. The summed E-state index contributed by atoms with van der Waals surface area (Å²) in [6, 6.07) is 6.56. The highest BCUT2D eigenvalue weighted by Gasteiger charge is 2.17. The Bertz CT molecular complexity index is 398. The molecule has 1 unspecified atom stereocenters. The predicted molar refractivity (Wildman–Crippen MR) is 81.1 cm³/mol. The van der Waals surface area contributed by atoms with Crippen LogP contribution in [0.25, 0.3) is 0 Å². The molecule has 1 aromatic rings. The molecule has 0 spiro atoms. The monoisotopic (exact) mass is 311 g/mol. The number of nitrogens with zero attached hydrogens (tertiary/aromatic N) is 2. The molecule has 0 radical (unpaired) electrons. The highest BCUT2D eigenvalue weighted by molar-refractivity contribution is 9.10. The summed E-state index contributed by atoms with van der Waals surface area (Å²) in [6.45, 7) is 9.90. The van der Waals surface area contributed by atoms with Crippen molar-refractivity contribution in [3.63, 3.8) is 0 Å². The van der Waals surface area contributed by atoms with E-state index >= 15 is 0 Å². The third kappa shape index (κ3) is 3.05. The van der Waals surface area contributed by atoms with Crippen molar-refractivity contribution in [1.29, 1.82) is 0 Å². The molecule has 1 fully saturated rings. The lowest BCUT2D eigenvalue weighted by Crippen LogP contribution is -2.46. The van der Waals surface area contributed by atoms with Crippen molar-refractivity contribution in [3.05, 3.63) is 28.2 Å². The van der Waals surface area contributed by atoms with Gasteiger partial charge in [-0.2, -0.15) is 0 Å². The fourth-order valence-electron chi connectivity index (χ4n) is 2.37. The van der Waals surface area contributed by atoms with E-state index in [4.69, 9.17) is 5.73 Å². The smallest absolute Gasteiger partial charge is 0.0511 e. The standard InChI is InChI=1S/C14H22BrN3/c1-3-17-6-8-18(9-7-17)14-5-4-12(11(2)16)10-13(14)15/h4-5,10-11H,3,6-9,16H2,1-2H3. The minimum Gasteiger partial charge on any atom is -0.368 e. The molecule has 2 rings (SSSR count). The predicted octanol–water partition coefficient (Wildman–Crippen LogP) is 2.61. The Labute approximate surface area is 118 Å². The normalized spacial score (nSPS) is 19.0. The molecule has 0 aliphatic carbocycles. The maximum absolute atomic E-state index is 5.91. The first-order chi connectivity index (χ1) is 8.61. The molecule has 1 aromatic carbocycles. The van der Waals surface area contributed by atoms with Gasteiger partial charge >= 0.3 is 0 Å². The van der Waals surface area contributed by atoms with E-state index in [1.54, 1.807) is 0 Å². The molecule has 1 saturated heterocycles. The van der Waals surface area contributed by atoms with E-state index in [1.165, 1.54) is 11.3 Å². The molecule has 1 aliphatic heterocycles.